The Morgan fingerprint density at radius 1 is 1.33 bits per heavy atom. The molecule has 0 aliphatic rings. The van der Waals surface area contributed by atoms with E-state index in [1.165, 1.54) is 0 Å². The molecular formula is C11H12N2O2. The monoisotopic (exact) mass is 204 g/mol. The fraction of sp³-hybridized carbons (Fsp3) is 0.182. The van der Waals surface area contributed by atoms with Crippen molar-refractivity contribution >= 4 is 16.6 Å². The molecule has 0 aliphatic carbocycles. The Morgan fingerprint density at radius 2 is 2.13 bits per heavy atom. The normalized spacial score (nSPS) is 10.5. The summed E-state index contributed by atoms with van der Waals surface area (Å²) in [7, 11) is 0. The van der Waals surface area contributed by atoms with E-state index >= 15 is 0 Å². The number of aliphatic hydroxyl groups is 1. The van der Waals surface area contributed by atoms with E-state index in [1.807, 2.05) is 24.3 Å². The standard InChI is InChI=1S/C11H12N2O2/c12-9-7-13-10-4-2-1-3-8(10)11(9)15-6-5-14/h1-4,7,14H,5-6,12H2. The lowest BCUT2D eigenvalue weighted by Gasteiger charge is -2.09. The molecule has 4 nitrogen and oxygen atoms in total. The van der Waals surface area contributed by atoms with E-state index in [4.69, 9.17) is 15.6 Å². The average molecular weight is 204 g/mol. The highest BCUT2D eigenvalue weighted by molar-refractivity contribution is 5.89. The highest BCUT2D eigenvalue weighted by Crippen LogP contribution is 2.29. The molecule has 1 aromatic carbocycles. The molecule has 4 heteroatoms. The number of hydrogen-bond donors (Lipinski definition) is 2. The van der Waals surface area contributed by atoms with Crippen molar-refractivity contribution < 1.29 is 9.84 Å². The van der Waals surface area contributed by atoms with Gasteiger partial charge in [-0.3, -0.25) is 4.98 Å². The topological polar surface area (TPSA) is 68.4 Å². The number of aliphatic hydroxyl groups excluding tert-OH is 1. The largest absolute Gasteiger partial charge is 0.488 e. The Hall–Kier alpha value is -1.81. The highest BCUT2D eigenvalue weighted by atomic mass is 16.5. The van der Waals surface area contributed by atoms with E-state index in [1.54, 1.807) is 6.20 Å². The van der Waals surface area contributed by atoms with E-state index in [0.29, 0.717) is 11.4 Å². The second-order valence-electron chi connectivity index (χ2n) is 3.13. The van der Waals surface area contributed by atoms with Crippen molar-refractivity contribution in [1.82, 2.24) is 4.98 Å². The van der Waals surface area contributed by atoms with Crippen molar-refractivity contribution in [2.24, 2.45) is 0 Å². The summed E-state index contributed by atoms with van der Waals surface area (Å²) in [5.74, 6) is 0.592. The Labute approximate surface area is 87.3 Å². The number of hydrogen-bond acceptors (Lipinski definition) is 4. The summed E-state index contributed by atoms with van der Waals surface area (Å²) in [5, 5.41) is 9.58. The lowest BCUT2D eigenvalue weighted by atomic mass is 10.2. The number of pyridine rings is 1. The van der Waals surface area contributed by atoms with Crippen molar-refractivity contribution in [3.8, 4) is 5.75 Å². The van der Waals surface area contributed by atoms with Crippen LogP contribution in [0.25, 0.3) is 10.9 Å². The molecule has 0 radical (unpaired) electrons. The third-order valence-electron chi connectivity index (χ3n) is 2.09. The van der Waals surface area contributed by atoms with E-state index in [2.05, 4.69) is 4.98 Å². The number of para-hydroxylation sites is 1. The summed E-state index contributed by atoms with van der Waals surface area (Å²) in [6.07, 6.45) is 1.56. The van der Waals surface area contributed by atoms with Gasteiger partial charge >= 0.3 is 0 Å². The minimum atomic E-state index is -0.0317. The SMILES string of the molecule is Nc1cnc2ccccc2c1OCCO. The Kier molecular flexibility index (Phi) is 2.69. The Bertz CT molecular complexity index is 471. The van der Waals surface area contributed by atoms with Gasteiger partial charge in [-0.15, -0.1) is 0 Å². The third kappa shape index (κ3) is 1.85. The number of anilines is 1. The van der Waals surface area contributed by atoms with Crippen LogP contribution in [0.15, 0.2) is 30.5 Å². The number of nitrogens with two attached hydrogens (primary N) is 1. The predicted molar refractivity (Wildman–Crippen MR) is 58.7 cm³/mol. The van der Waals surface area contributed by atoms with Crippen LogP contribution in [0, 0.1) is 0 Å². The molecular weight excluding hydrogens is 192 g/mol. The summed E-state index contributed by atoms with van der Waals surface area (Å²) in [6, 6.07) is 7.59. The van der Waals surface area contributed by atoms with Gasteiger partial charge in [0.25, 0.3) is 0 Å². The zero-order valence-corrected chi connectivity index (χ0v) is 8.18. The number of benzene rings is 1. The molecule has 0 fully saturated rings. The van der Waals surface area contributed by atoms with E-state index in [-0.39, 0.29) is 13.2 Å². The summed E-state index contributed by atoms with van der Waals surface area (Å²) >= 11 is 0. The summed E-state index contributed by atoms with van der Waals surface area (Å²) < 4.78 is 5.38. The van der Waals surface area contributed by atoms with Gasteiger partial charge in [0.15, 0.2) is 5.75 Å². The molecule has 15 heavy (non-hydrogen) atoms. The molecule has 0 saturated carbocycles. The quantitative estimate of drug-likeness (QED) is 0.788. The molecule has 0 aliphatic heterocycles. The molecule has 0 unspecified atom stereocenters. The third-order valence-corrected chi connectivity index (χ3v) is 2.09. The number of nitrogens with zero attached hydrogens (tertiary/aromatic N) is 1. The minimum absolute atomic E-state index is 0.0317. The van der Waals surface area contributed by atoms with Gasteiger partial charge in [0.2, 0.25) is 0 Å². The lowest BCUT2D eigenvalue weighted by Crippen LogP contribution is -2.04. The minimum Gasteiger partial charge on any atom is -0.488 e. The second-order valence-corrected chi connectivity index (χ2v) is 3.13. The van der Waals surface area contributed by atoms with Gasteiger partial charge in [0.05, 0.1) is 24.0 Å². The van der Waals surface area contributed by atoms with Gasteiger partial charge in [-0.05, 0) is 12.1 Å². The molecule has 0 amide bonds. The van der Waals surface area contributed by atoms with E-state index < -0.39 is 0 Å². The zero-order valence-electron chi connectivity index (χ0n) is 8.18. The number of aromatic nitrogens is 1. The maximum atomic E-state index is 8.71. The van der Waals surface area contributed by atoms with Crippen molar-refractivity contribution in [3.63, 3.8) is 0 Å². The number of nitrogen functional groups attached to an aromatic ring is 1. The summed E-state index contributed by atoms with van der Waals surface area (Å²) in [6.45, 7) is 0.203. The van der Waals surface area contributed by atoms with Crippen LogP contribution in [0.5, 0.6) is 5.75 Å². The van der Waals surface area contributed by atoms with Crippen LogP contribution >= 0.6 is 0 Å². The van der Waals surface area contributed by atoms with Crippen molar-refractivity contribution in [2.75, 3.05) is 18.9 Å². The van der Waals surface area contributed by atoms with E-state index in [0.717, 1.165) is 10.9 Å². The first-order valence-corrected chi connectivity index (χ1v) is 4.70. The molecule has 0 bridgehead atoms. The van der Waals surface area contributed by atoms with Crippen LogP contribution in [0.1, 0.15) is 0 Å². The zero-order chi connectivity index (χ0) is 10.7. The Morgan fingerprint density at radius 3 is 2.93 bits per heavy atom. The first-order valence-electron chi connectivity index (χ1n) is 4.70. The first kappa shape index (κ1) is 9.73. The van der Waals surface area contributed by atoms with Crippen LogP contribution in [0.4, 0.5) is 5.69 Å². The first-order chi connectivity index (χ1) is 7.33. The summed E-state index contributed by atoms with van der Waals surface area (Å²) in [4.78, 5) is 4.18. The van der Waals surface area contributed by atoms with Gasteiger partial charge in [0, 0.05) is 5.39 Å². The van der Waals surface area contributed by atoms with Crippen molar-refractivity contribution in [3.05, 3.63) is 30.5 Å². The van der Waals surface area contributed by atoms with Crippen molar-refractivity contribution in [1.29, 1.82) is 0 Å². The van der Waals surface area contributed by atoms with Gasteiger partial charge in [0.1, 0.15) is 6.61 Å². The molecule has 3 N–H and O–H groups in total. The molecule has 0 atom stereocenters. The maximum absolute atomic E-state index is 8.71. The molecule has 78 valence electrons. The van der Waals surface area contributed by atoms with Crippen LogP contribution in [-0.2, 0) is 0 Å². The molecule has 2 aromatic rings. The molecule has 1 heterocycles. The molecule has 1 aromatic heterocycles. The molecule has 0 saturated heterocycles. The van der Waals surface area contributed by atoms with Crippen LogP contribution in [0.2, 0.25) is 0 Å². The van der Waals surface area contributed by atoms with Crippen LogP contribution < -0.4 is 10.5 Å². The average Bonchev–Trinajstić information content (AvgIpc) is 2.28. The summed E-state index contributed by atoms with van der Waals surface area (Å²) in [5.41, 5.74) is 7.08. The van der Waals surface area contributed by atoms with Gasteiger partial charge in [-0.2, -0.15) is 0 Å². The van der Waals surface area contributed by atoms with Crippen molar-refractivity contribution in [2.45, 2.75) is 0 Å². The molecule has 2 rings (SSSR count). The maximum Gasteiger partial charge on any atom is 0.153 e. The molecule has 0 spiro atoms. The fourth-order valence-electron chi connectivity index (χ4n) is 1.44. The number of ether oxygens (including phenoxy) is 1. The van der Waals surface area contributed by atoms with E-state index in [9.17, 15) is 0 Å². The van der Waals surface area contributed by atoms with Crippen LogP contribution in [0.3, 0.4) is 0 Å². The lowest BCUT2D eigenvalue weighted by molar-refractivity contribution is 0.203. The van der Waals surface area contributed by atoms with Gasteiger partial charge < -0.3 is 15.6 Å². The predicted octanol–water partition coefficient (Wildman–Crippen LogP) is 1.19. The number of rotatable bonds is 3. The fourth-order valence-corrected chi connectivity index (χ4v) is 1.44. The van der Waals surface area contributed by atoms with Gasteiger partial charge in [-0.1, -0.05) is 12.1 Å². The Balaban J connectivity index is 2.53. The second kappa shape index (κ2) is 4.14. The van der Waals surface area contributed by atoms with Gasteiger partial charge in [-0.25, -0.2) is 0 Å². The smallest absolute Gasteiger partial charge is 0.153 e. The highest BCUT2D eigenvalue weighted by Gasteiger charge is 2.06. The van der Waals surface area contributed by atoms with Crippen LogP contribution in [-0.4, -0.2) is 23.3 Å². The number of fused-ring (bicyclic) bond motifs is 1.